The van der Waals surface area contributed by atoms with Gasteiger partial charge in [0.2, 0.25) is 0 Å². The lowest BCUT2D eigenvalue weighted by molar-refractivity contribution is 0.341. The average Bonchev–Trinajstić information content (AvgIpc) is 2.45. The summed E-state index contributed by atoms with van der Waals surface area (Å²) in [6.45, 7) is 6.66. The summed E-state index contributed by atoms with van der Waals surface area (Å²) in [6.07, 6.45) is 0. The Morgan fingerprint density at radius 1 is 1.24 bits per heavy atom. The number of aryl methyl sites for hydroxylation is 1. The number of halogens is 2. The largest absolute Gasteiger partial charge is 0.492 e. The molecule has 0 aliphatic rings. The molecule has 0 radical (unpaired) electrons. The van der Waals surface area contributed by atoms with Crippen LogP contribution >= 0.6 is 15.9 Å². The van der Waals surface area contributed by atoms with Gasteiger partial charge in [-0.15, -0.1) is 0 Å². The molecule has 1 N–H and O–H groups in total. The summed E-state index contributed by atoms with van der Waals surface area (Å²) in [5.74, 6) is 0.585. The first-order valence-electron chi connectivity index (χ1n) is 6.96. The quantitative estimate of drug-likeness (QED) is 0.771. The van der Waals surface area contributed by atoms with E-state index in [-0.39, 0.29) is 11.9 Å². The van der Waals surface area contributed by atoms with Crippen molar-refractivity contribution in [3.63, 3.8) is 0 Å². The summed E-state index contributed by atoms with van der Waals surface area (Å²) < 4.78 is 19.5. The molecule has 2 aromatic rings. The Morgan fingerprint density at radius 2 is 2.00 bits per heavy atom. The second kappa shape index (κ2) is 6.94. The molecule has 21 heavy (non-hydrogen) atoms. The van der Waals surface area contributed by atoms with E-state index in [1.54, 1.807) is 12.1 Å². The minimum absolute atomic E-state index is 0.0452. The summed E-state index contributed by atoms with van der Waals surface area (Å²) in [5, 5.41) is 3.42. The van der Waals surface area contributed by atoms with Gasteiger partial charge < -0.3 is 10.1 Å². The van der Waals surface area contributed by atoms with E-state index in [4.69, 9.17) is 4.74 Å². The maximum atomic E-state index is 13.3. The van der Waals surface area contributed by atoms with Gasteiger partial charge in [0.05, 0.1) is 16.8 Å². The first-order chi connectivity index (χ1) is 10.0. The molecule has 0 aliphatic heterocycles. The molecule has 1 atom stereocenters. The van der Waals surface area contributed by atoms with Crippen LogP contribution in [-0.4, -0.2) is 6.61 Å². The molecular weight excluding hydrogens is 333 g/mol. The number of nitrogens with one attached hydrogen (secondary N) is 1. The molecule has 0 heterocycles. The lowest BCUT2D eigenvalue weighted by atomic mass is 10.1. The number of hydrogen-bond acceptors (Lipinski definition) is 2. The molecule has 0 aliphatic carbocycles. The highest BCUT2D eigenvalue weighted by Crippen LogP contribution is 2.30. The number of hydrogen-bond donors (Lipinski definition) is 1. The van der Waals surface area contributed by atoms with Crippen LogP contribution in [-0.2, 0) is 0 Å². The van der Waals surface area contributed by atoms with Crippen molar-refractivity contribution in [2.45, 2.75) is 26.8 Å². The van der Waals surface area contributed by atoms with Crippen LogP contribution in [0.15, 0.2) is 40.9 Å². The fourth-order valence-corrected chi connectivity index (χ4v) is 2.52. The molecule has 0 bridgehead atoms. The first-order valence-corrected chi connectivity index (χ1v) is 7.75. The molecule has 0 fully saturated rings. The van der Waals surface area contributed by atoms with E-state index in [1.165, 1.54) is 6.07 Å². The van der Waals surface area contributed by atoms with Gasteiger partial charge in [-0.3, -0.25) is 0 Å². The summed E-state index contributed by atoms with van der Waals surface area (Å²) in [5.41, 5.74) is 3.10. The molecule has 0 aromatic heterocycles. The second-order valence-electron chi connectivity index (χ2n) is 4.97. The molecule has 1 unspecified atom stereocenters. The van der Waals surface area contributed by atoms with Crippen LogP contribution in [0.2, 0.25) is 0 Å². The highest BCUT2D eigenvalue weighted by atomic mass is 79.9. The zero-order chi connectivity index (χ0) is 15.4. The van der Waals surface area contributed by atoms with Gasteiger partial charge in [0.25, 0.3) is 0 Å². The molecule has 2 rings (SSSR count). The van der Waals surface area contributed by atoms with Crippen LogP contribution in [0.4, 0.5) is 10.1 Å². The Labute approximate surface area is 133 Å². The van der Waals surface area contributed by atoms with Crippen LogP contribution in [0.5, 0.6) is 5.75 Å². The fourth-order valence-electron chi connectivity index (χ4n) is 2.12. The van der Waals surface area contributed by atoms with Gasteiger partial charge in [0.1, 0.15) is 11.6 Å². The van der Waals surface area contributed by atoms with E-state index >= 15 is 0 Å². The molecule has 4 heteroatoms. The van der Waals surface area contributed by atoms with Gasteiger partial charge in [-0.2, -0.15) is 0 Å². The highest BCUT2D eigenvalue weighted by molar-refractivity contribution is 9.10. The van der Waals surface area contributed by atoms with Crippen LogP contribution in [0, 0.1) is 12.7 Å². The summed E-state index contributed by atoms with van der Waals surface area (Å²) in [6, 6.07) is 11.2. The Balaban J connectivity index is 2.22. The second-order valence-corrected chi connectivity index (χ2v) is 5.83. The van der Waals surface area contributed by atoms with Crippen LogP contribution in [0.3, 0.4) is 0 Å². The fraction of sp³-hybridized carbons (Fsp3) is 0.294. The predicted molar refractivity (Wildman–Crippen MR) is 88.5 cm³/mol. The van der Waals surface area contributed by atoms with Crippen molar-refractivity contribution in [1.82, 2.24) is 0 Å². The van der Waals surface area contributed by atoms with Gasteiger partial charge >= 0.3 is 0 Å². The predicted octanol–water partition coefficient (Wildman–Crippen LogP) is 5.47. The molecule has 0 spiro atoms. The maximum Gasteiger partial charge on any atom is 0.142 e. The Bertz CT molecular complexity index is 630. The standard InChI is InChI=1S/C17H19BrFNO/c1-4-21-17-9-11(2)5-8-16(17)20-12(3)13-6-7-15(19)14(18)10-13/h5-10,12,20H,4H2,1-3H3. The molecule has 2 nitrogen and oxygen atoms in total. The van der Waals surface area contributed by atoms with Crippen molar-refractivity contribution >= 4 is 21.6 Å². The van der Waals surface area contributed by atoms with Crippen molar-refractivity contribution < 1.29 is 9.13 Å². The number of ether oxygens (including phenoxy) is 1. The molecular formula is C17H19BrFNO. The SMILES string of the molecule is CCOc1cc(C)ccc1NC(C)c1ccc(F)c(Br)c1. The zero-order valence-corrected chi connectivity index (χ0v) is 14.0. The zero-order valence-electron chi connectivity index (χ0n) is 12.4. The van der Waals surface area contributed by atoms with E-state index in [9.17, 15) is 4.39 Å². The van der Waals surface area contributed by atoms with Crippen molar-refractivity contribution in [2.75, 3.05) is 11.9 Å². The minimum Gasteiger partial charge on any atom is -0.492 e. The molecule has 112 valence electrons. The summed E-state index contributed by atoms with van der Waals surface area (Å²) in [4.78, 5) is 0. The maximum absolute atomic E-state index is 13.3. The van der Waals surface area contributed by atoms with Gasteiger partial charge in [-0.05, 0) is 72.1 Å². The lowest BCUT2D eigenvalue weighted by Gasteiger charge is -2.19. The van der Waals surface area contributed by atoms with E-state index in [0.29, 0.717) is 11.1 Å². The molecule has 0 saturated heterocycles. The smallest absolute Gasteiger partial charge is 0.142 e. The van der Waals surface area contributed by atoms with E-state index in [0.717, 1.165) is 22.6 Å². The topological polar surface area (TPSA) is 21.3 Å². The third-order valence-electron chi connectivity index (χ3n) is 3.25. The van der Waals surface area contributed by atoms with Crippen molar-refractivity contribution in [3.8, 4) is 5.75 Å². The van der Waals surface area contributed by atoms with Gasteiger partial charge in [-0.1, -0.05) is 12.1 Å². The summed E-state index contributed by atoms with van der Waals surface area (Å²) >= 11 is 3.22. The number of benzene rings is 2. The number of rotatable bonds is 5. The van der Waals surface area contributed by atoms with E-state index < -0.39 is 0 Å². The summed E-state index contributed by atoms with van der Waals surface area (Å²) in [7, 11) is 0. The Morgan fingerprint density at radius 3 is 2.67 bits per heavy atom. The lowest BCUT2D eigenvalue weighted by Crippen LogP contribution is -2.08. The van der Waals surface area contributed by atoms with Crippen molar-refractivity contribution in [1.29, 1.82) is 0 Å². The molecule has 2 aromatic carbocycles. The monoisotopic (exact) mass is 351 g/mol. The van der Waals surface area contributed by atoms with Crippen molar-refractivity contribution in [3.05, 3.63) is 57.8 Å². The van der Waals surface area contributed by atoms with E-state index in [2.05, 4.69) is 21.2 Å². The van der Waals surface area contributed by atoms with E-state index in [1.807, 2.05) is 39.0 Å². The van der Waals surface area contributed by atoms with Crippen LogP contribution in [0.1, 0.15) is 31.0 Å². The highest BCUT2D eigenvalue weighted by Gasteiger charge is 2.11. The minimum atomic E-state index is -0.253. The third kappa shape index (κ3) is 3.97. The number of anilines is 1. The molecule has 0 saturated carbocycles. The Hall–Kier alpha value is -1.55. The van der Waals surface area contributed by atoms with Gasteiger partial charge in [-0.25, -0.2) is 4.39 Å². The Kier molecular flexibility index (Phi) is 5.23. The molecule has 0 amide bonds. The van der Waals surface area contributed by atoms with Gasteiger partial charge in [0.15, 0.2) is 0 Å². The average molecular weight is 352 g/mol. The normalized spacial score (nSPS) is 12.0. The van der Waals surface area contributed by atoms with Crippen molar-refractivity contribution in [2.24, 2.45) is 0 Å². The first kappa shape index (κ1) is 15.8. The van der Waals surface area contributed by atoms with Crippen LogP contribution in [0.25, 0.3) is 0 Å². The van der Waals surface area contributed by atoms with Gasteiger partial charge in [0, 0.05) is 6.04 Å². The van der Waals surface area contributed by atoms with Crippen LogP contribution < -0.4 is 10.1 Å². The third-order valence-corrected chi connectivity index (χ3v) is 3.86.